The summed E-state index contributed by atoms with van der Waals surface area (Å²) in [5.41, 5.74) is 1.51. The van der Waals surface area contributed by atoms with Gasteiger partial charge < -0.3 is 10.1 Å². The van der Waals surface area contributed by atoms with Crippen LogP contribution in [0, 0.1) is 10.1 Å². The number of carbonyl (C=O) groups is 1. The largest absolute Gasteiger partial charge is 0.487 e. The average molecular weight is 368 g/mol. The number of hydrogen-bond donors (Lipinski definition) is 1. The highest BCUT2D eigenvalue weighted by Gasteiger charge is 2.19. The van der Waals surface area contributed by atoms with E-state index in [9.17, 15) is 14.9 Å². The van der Waals surface area contributed by atoms with Crippen molar-refractivity contribution < 1.29 is 14.5 Å². The van der Waals surface area contributed by atoms with E-state index in [2.05, 4.69) is 5.32 Å². The van der Waals surface area contributed by atoms with Gasteiger partial charge in [-0.2, -0.15) is 0 Å². The van der Waals surface area contributed by atoms with Crippen molar-refractivity contribution >= 4 is 28.6 Å². The Labute approximate surface area is 154 Å². The summed E-state index contributed by atoms with van der Waals surface area (Å²) in [6.07, 6.45) is 0. The monoisotopic (exact) mass is 368 g/mol. The van der Waals surface area contributed by atoms with Gasteiger partial charge in [-0.05, 0) is 36.6 Å². The molecule has 0 radical (unpaired) electrons. The van der Waals surface area contributed by atoms with Crippen molar-refractivity contribution in [2.75, 3.05) is 11.9 Å². The van der Waals surface area contributed by atoms with E-state index >= 15 is 0 Å². The fourth-order valence-corrected chi connectivity index (χ4v) is 3.28. The minimum Gasteiger partial charge on any atom is -0.487 e. The van der Waals surface area contributed by atoms with Gasteiger partial charge in [0.25, 0.3) is 5.91 Å². The molecule has 0 aliphatic rings. The third kappa shape index (κ3) is 3.73. The Kier molecular flexibility index (Phi) is 5.28. The van der Waals surface area contributed by atoms with Crippen molar-refractivity contribution in [3.8, 4) is 16.2 Å². The first-order valence-corrected chi connectivity index (χ1v) is 8.83. The molecular weight excluding hydrogens is 352 g/mol. The Hall–Kier alpha value is -3.19. The third-order valence-corrected chi connectivity index (χ3v) is 4.58. The molecule has 0 atom stereocenters. The lowest BCUT2D eigenvalue weighted by molar-refractivity contribution is -0.385. The number of anilines is 1. The summed E-state index contributed by atoms with van der Waals surface area (Å²) in [6.45, 7) is 2.05. The molecule has 7 heteroatoms. The van der Waals surface area contributed by atoms with Crippen LogP contribution in [-0.2, 0) is 0 Å². The summed E-state index contributed by atoms with van der Waals surface area (Å²) in [5, 5.41) is 16.0. The standard InChI is InChI=1S/C19H16N2O4S/c1-2-25-17-10-9-13(12-16(17)21(23)24)19(22)20-15-7-4-3-6-14(15)18-8-5-11-26-18/h3-12H,2H2,1H3,(H,20,22). The van der Waals surface area contributed by atoms with Gasteiger partial charge >= 0.3 is 5.69 Å². The maximum absolute atomic E-state index is 12.6. The molecule has 3 aromatic rings. The van der Waals surface area contributed by atoms with Crippen LogP contribution in [-0.4, -0.2) is 17.4 Å². The van der Waals surface area contributed by atoms with E-state index in [0.29, 0.717) is 12.3 Å². The Morgan fingerprint density at radius 3 is 2.69 bits per heavy atom. The number of nitro groups is 1. The van der Waals surface area contributed by atoms with E-state index in [0.717, 1.165) is 10.4 Å². The highest BCUT2D eigenvalue weighted by Crippen LogP contribution is 2.32. The van der Waals surface area contributed by atoms with Gasteiger partial charge in [0.05, 0.1) is 11.5 Å². The number of nitrogens with one attached hydrogen (secondary N) is 1. The minimum atomic E-state index is -0.554. The second kappa shape index (κ2) is 7.79. The van der Waals surface area contributed by atoms with Crippen molar-refractivity contribution in [2.24, 2.45) is 0 Å². The first-order chi connectivity index (χ1) is 12.6. The lowest BCUT2D eigenvalue weighted by Gasteiger charge is -2.11. The van der Waals surface area contributed by atoms with Gasteiger partial charge in [0.2, 0.25) is 0 Å². The third-order valence-electron chi connectivity index (χ3n) is 3.68. The molecule has 1 aromatic heterocycles. The molecule has 0 unspecified atom stereocenters. The van der Waals surface area contributed by atoms with E-state index in [1.54, 1.807) is 24.3 Å². The average Bonchev–Trinajstić information content (AvgIpc) is 3.17. The fraction of sp³-hybridized carbons (Fsp3) is 0.105. The van der Waals surface area contributed by atoms with Crippen molar-refractivity contribution in [3.63, 3.8) is 0 Å². The zero-order chi connectivity index (χ0) is 18.5. The maximum atomic E-state index is 12.6. The smallest absolute Gasteiger partial charge is 0.311 e. The molecule has 0 spiro atoms. The normalized spacial score (nSPS) is 10.3. The lowest BCUT2D eigenvalue weighted by atomic mass is 10.1. The van der Waals surface area contributed by atoms with Gasteiger partial charge in [0.1, 0.15) is 0 Å². The summed E-state index contributed by atoms with van der Waals surface area (Å²) in [7, 11) is 0. The first kappa shape index (κ1) is 17.6. The number of hydrogen-bond acceptors (Lipinski definition) is 5. The van der Waals surface area contributed by atoms with Gasteiger partial charge in [-0.25, -0.2) is 0 Å². The number of carbonyl (C=O) groups excluding carboxylic acids is 1. The van der Waals surface area contributed by atoms with Gasteiger partial charge in [0.15, 0.2) is 5.75 Å². The van der Waals surface area contributed by atoms with Crippen LogP contribution in [0.3, 0.4) is 0 Å². The number of ether oxygens (including phenoxy) is 1. The molecule has 1 N–H and O–H groups in total. The Bertz CT molecular complexity index is 938. The molecule has 132 valence electrons. The van der Waals surface area contributed by atoms with E-state index in [-0.39, 0.29) is 17.0 Å². The summed E-state index contributed by atoms with van der Waals surface area (Å²) >= 11 is 1.57. The van der Waals surface area contributed by atoms with Crippen LogP contribution < -0.4 is 10.1 Å². The van der Waals surface area contributed by atoms with Crippen LogP contribution in [0.4, 0.5) is 11.4 Å². The predicted molar refractivity (Wildman–Crippen MR) is 102 cm³/mol. The number of rotatable bonds is 6. The topological polar surface area (TPSA) is 81.5 Å². The molecule has 0 aliphatic heterocycles. The SMILES string of the molecule is CCOc1ccc(C(=O)Nc2ccccc2-c2cccs2)cc1[N+](=O)[O-]. The minimum absolute atomic E-state index is 0.146. The van der Waals surface area contributed by atoms with Crippen LogP contribution >= 0.6 is 11.3 Å². The lowest BCUT2D eigenvalue weighted by Crippen LogP contribution is -2.13. The Morgan fingerprint density at radius 2 is 2.00 bits per heavy atom. The molecule has 0 saturated carbocycles. The molecule has 3 rings (SSSR count). The second-order valence-corrected chi connectivity index (χ2v) is 6.30. The summed E-state index contributed by atoms with van der Waals surface area (Å²) < 4.78 is 5.25. The zero-order valence-corrected chi connectivity index (χ0v) is 14.8. The number of benzene rings is 2. The van der Waals surface area contributed by atoms with Gasteiger partial charge in [-0.1, -0.05) is 24.3 Å². The number of nitro benzene ring substituents is 1. The predicted octanol–water partition coefficient (Wildman–Crippen LogP) is 4.97. The number of nitrogens with zero attached hydrogens (tertiary/aromatic N) is 1. The Morgan fingerprint density at radius 1 is 1.19 bits per heavy atom. The molecule has 1 amide bonds. The molecule has 0 bridgehead atoms. The quantitative estimate of drug-likeness (QED) is 0.492. The van der Waals surface area contributed by atoms with Crippen molar-refractivity contribution in [1.29, 1.82) is 0 Å². The second-order valence-electron chi connectivity index (χ2n) is 5.35. The summed E-state index contributed by atoms with van der Waals surface area (Å²) in [4.78, 5) is 24.3. The fourth-order valence-electron chi connectivity index (χ4n) is 2.51. The van der Waals surface area contributed by atoms with Crippen LogP contribution in [0.1, 0.15) is 17.3 Å². The molecule has 0 fully saturated rings. The highest BCUT2D eigenvalue weighted by atomic mass is 32.1. The molecule has 26 heavy (non-hydrogen) atoms. The van der Waals surface area contributed by atoms with Crippen molar-refractivity contribution in [3.05, 3.63) is 75.7 Å². The molecule has 0 saturated heterocycles. The summed E-state index contributed by atoms with van der Waals surface area (Å²) in [5.74, 6) is -0.270. The highest BCUT2D eigenvalue weighted by molar-refractivity contribution is 7.13. The van der Waals surface area contributed by atoms with Crippen molar-refractivity contribution in [2.45, 2.75) is 6.92 Å². The molecule has 6 nitrogen and oxygen atoms in total. The summed E-state index contributed by atoms with van der Waals surface area (Å²) in [6, 6.07) is 15.5. The van der Waals surface area contributed by atoms with E-state index < -0.39 is 10.8 Å². The van der Waals surface area contributed by atoms with Crippen LogP contribution in [0.25, 0.3) is 10.4 Å². The van der Waals surface area contributed by atoms with Crippen LogP contribution in [0.2, 0.25) is 0 Å². The first-order valence-electron chi connectivity index (χ1n) is 7.95. The van der Waals surface area contributed by atoms with E-state index in [1.807, 2.05) is 35.7 Å². The van der Waals surface area contributed by atoms with Crippen LogP contribution in [0.15, 0.2) is 60.0 Å². The molecule has 1 heterocycles. The zero-order valence-electron chi connectivity index (χ0n) is 14.0. The van der Waals surface area contributed by atoms with Crippen molar-refractivity contribution in [1.82, 2.24) is 0 Å². The number of amides is 1. The molecule has 0 aliphatic carbocycles. The molecule has 2 aromatic carbocycles. The van der Waals surface area contributed by atoms with Gasteiger partial charge in [-0.15, -0.1) is 11.3 Å². The molecular formula is C19H16N2O4S. The maximum Gasteiger partial charge on any atom is 0.311 e. The number of thiophene rings is 1. The van der Waals surface area contributed by atoms with E-state index in [4.69, 9.17) is 4.74 Å². The van der Waals surface area contributed by atoms with Crippen LogP contribution in [0.5, 0.6) is 5.75 Å². The van der Waals surface area contributed by atoms with E-state index in [1.165, 1.54) is 18.2 Å². The number of para-hydroxylation sites is 1. The van der Waals surface area contributed by atoms with Gasteiger partial charge in [-0.3, -0.25) is 14.9 Å². The Balaban J connectivity index is 1.90. The van der Waals surface area contributed by atoms with Gasteiger partial charge in [0, 0.05) is 27.8 Å².